The Morgan fingerprint density at radius 2 is 1.85 bits per heavy atom. The molecular weight excluding hydrogens is 320 g/mol. The molecule has 1 saturated heterocycles. The van der Waals surface area contributed by atoms with Crippen LogP contribution in [0.15, 0.2) is 60.8 Å². The highest BCUT2D eigenvalue weighted by Crippen LogP contribution is 2.19. The predicted molar refractivity (Wildman–Crippen MR) is 108 cm³/mol. The predicted octanol–water partition coefficient (Wildman–Crippen LogP) is 4.94. The van der Waals surface area contributed by atoms with Crippen LogP contribution in [0.1, 0.15) is 31.7 Å². The molecule has 1 aliphatic heterocycles. The molecule has 0 saturated carbocycles. The van der Waals surface area contributed by atoms with Gasteiger partial charge in [0.2, 0.25) is 0 Å². The van der Waals surface area contributed by atoms with Crippen LogP contribution in [0.25, 0.3) is 10.9 Å². The second kappa shape index (κ2) is 7.96. The summed E-state index contributed by atoms with van der Waals surface area (Å²) in [6, 6.07) is 19.9. The third-order valence-electron chi connectivity index (χ3n) is 5.54. The molecule has 136 valence electrons. The van der Waals surface area contributed by atoms with E-state index in [-0.39, 0.29) is 0 Å². The molecule has 1 unspecified atom stereocenters. The maximum atomic E-state index is 5.97. The van der Waals surface area contributed by atoms with Crippen LogP contribution in [0.3, 0.4) is 0 Å². The number of nitrogens with zero attached hydrogens (tertiary/aromatic N) is 2. The highest BCUT2D eigenvalue weighted by molar-refractivity contribution is 5.80. The Morgan fingerprint density at radius 3 is 2.69 bits per heavy atom. The van der Waals surface area contributed by atoms with Gasteiger partial charge >= 0.3 is 0 Å². The minimum absolute atomic E-state index is 0.700. The molecule has 3 nitrogen and oxygen atoms in total. The molecule has 0 bridgehead atoms. The van der Waals surface area contributed by atoms with Crippen molar-refractivity contribution in [3.05, 3.63) is 66.4 Å². The van der Waals surface area contributed by atoms with Gasteiger partial charge in [-0.3, -0.25) is 4.90 Å². The van der Waals surface area contributed by atoms with E-state index in [4.69, 9.17) is 4.74 Å². The lowest BCUT2D eigenvalue weighted by Crippen LogP contribution is -2.39. The molecule has 0 N–H and O–H groups in total. The van der Waals surface area contributed by atoms with E-state index in [1.807, 2.05) is 0 Å². The minimum Gasteiger partial charge on any atom is -0.492 e. The summed E-state index contributed by atoms with van der Waals surface area (Å²) >= 11 is 0. The lowest BCUT2D eigenvalue weighted by molar-refractivity contribution is 0.133. The molecule has 0 spiro atoms. The minimum atomic E-state index is 0.700. The van der Waals surface area contributed by atoms with Gasteiger partial charge in [-0.2, -0.15) is 0 Å². The molecule has 3 aromatic rings. The Morgan fingerprint density at radius 1 is 1.00 bits per heavy atom. The van der Waals surface area contributed by atoms with Gasteiger partial charge in [-0.05, 0) is 61.5 Å². The summed E-state index contributed by atoms with van der Waals surface area (Å²) in [5, 5.41) is 1.29. The third-order valence-corrected chi connectivity index (χ3v) is 5.54. The molecule has 1 fully saturated rings. The van der Waals surface area contributed by atoms with E-state index >= 15 is 0 Å². The summed E-state index contributed by atoms with van der Waals surface area (Å²) in [6.07, 6.45) is 6.18. The number of aromatic nitrogens is 1. The highest BCUT2D eigenvalue weighted by Gasteiger charge is 2.17. The van der Waals surface area contributed by atoms with Crippen LogP contribution in [-0.2, 0) is 6.54 Å². The molecule has 4 rings (SSSR count). The highest BCUT2D eigenvalue weighted by atomic mass is 16.5. The summed E-state index contributed by atoms with van der Waals surface area (Å²) in [7, 11) is 0. The number of rotatable bonds is 6. The number of benzene rings is 2. The van der Waals surface area contributed by atoms with Crippen molar-refractivity contribution in [3.8, 4) is 5.75 Å². The molecule has 2 aromatic carbocycles. The number of piperidine rings is 1. The van der Waals surface area contributed by atoms with Gasteiger partial charge in [0, 0.05) is 30.8 Å². The van der Waals surface area contributed by atoms with Crippen molar-refractivity contribution < 1.29 is 4.74 Å². The van der Waals surface area contributed by atoms with Gasteiger partial charge in [0.1, 0.15) is 12.4 Å². The lowest BCUT2D eigenvalue weighted by Gasteiger charge is -2.33. The second-order valence-corrected chi connectivity index (χ2v) is 7.38. The van der Waals surface area contributed by atoms with E-state index < -0.39 is 0 Å². The molecule has 1 atom stereocenters. The van der Waals surface area contributed by atoms with Crippen LogP contribution in [0.5, 0.6) is 5.75 Å². The van der Waals surface area contributed by atoms with E-state index in [1.54, 1.807) is 0 Å². The molecule has 2 heterocycles. The van der Waals surface area contributed by atoms with E-state index in [0.29, 0.717) is 6.04 Å². The molecule has 0 radical (unpaired) electrons. The first-order valence-corrected chi connectivity index (χ1v) is 9.79. The van der Waals surface area contributed by atoms with Gasteiger partial charge in [0.25, 0.3) is 0 Å². The lowest BCUT2D eigenvalue weighted by atomic mass is 10.0. The van der Waals surface area contributed by atoms with Gasteiger partial charge in [-0.1, -0.05) is 36.8 Å². The van der Waals surface area contributed by atoms with E-state index in [0.717, 1.165) is 25.4 Å². The van der Waals surface area contributed by atoms with Crippen LogP contribution in [0.2, 0.25) is 0 Å². The molecule has 1 aromatic heterocycles. The average molecular weight is 348 g/mol. The van der Waals surface area contributed by atoms with Gasteiger partial charge in [-0.25, -0.2) is 0 Å². The number of fused-ring (bicyclic) bond motifs is 1. The Kier molecular flexibility index (Phi) is 5.26. The number of likely N-dealkylation sites (tertiary alicyclic amines) is 1. The SMILES string of the molecule is CC1CCCCN1CCOc1ccc(Cn2ccc3ccccc32)cc1. The standard InChI is InChI=1S/C23H28N2O/c1-19-6-4-5-14-24(19)16-17-26-22-11-9-20(10-12-22)18-25-15-13-21-7-2-3-8-23(21)25/h2-3,7-13,15,19H,4-6,14,16-18H2,1H3. The molecular formula is C23H28N2O. The fraction of sp³-hybridized carbons (Fsp3) is 0.391. The number of hydrogen-bond acceptors (Lipinski definition) is 2. The summed E-state index contributed by atoms with van der Waals surface area (Å²) < 4.78 is 8.26. The first kappa shape index (κ1) is 17.2. The molecule has 0 aliphatic carbocycles. The average Bonchev–Trinajstić information content (AvgIpc) is 3.08. The van der Waals surface area contributed by atoms with E-state index in [1.165, 1.54) is 42.3 Å². The van der Waals surface area contributed by atoms with Gasteiger partial charge in [0.15, 0.2) is 0 Å². The van der Waals surface area contributed by atoms with Crippen molar-refractivity contribution in [1.82, 2.24) is 9.47 Å². The summed E-state index contributed by atoms with van der Waals surface area (Å²) in [6.45, 7) is 6.23. The van der Waals surface area contributed by atoms with Crippen LogP contribution in [0.4, 0.5) is 0 Å². The maximum absolute atomic E-state index is 5.97. The monoisotopic (exact) mass is 348 g/mol. The largest absolute Gasteiger partial charge is 0.492 e. The van der Waals surface area contributed by atoms with Crippen molar-refractivity contribution in [3.63, 3.8) is 0 Å². The zero-order valence-corrected chi connectivity index (χ0v) is 15.6. The number of hydrogen-bond donors (Lipinski definition) is 0. The molecule has 1 aliphatic rings. The quantitative estimate of drug-likeness (QED) is 0.627. The smallest absolute Gasteiger partial charge is 0.119 e. The van der Waals surface area contributed by atoms with E-state index in [9.17, 15) is 0 Å². The fourth-order valence-corrected chi connectivity index (χ4v) is 3.94. The zero-order valence-electron chi connectivity index (χ0n) is 15.6. The Hall–Kier alpha value is -2.26. The van der Waals surface area contributed by atoms with Gasteiger partial charge < -0.3 is 9.30 Å². The number of ether oxygens (including phenoxy) is 1. The number of para-hydroxylation sites is 1. The van der Waals surface area contributed by atoms with Gasteiger partial charge in [0.05, 0.1) is 0 Å². The second-order valence-electron chi connectivity index (χ2n) is 7.38. The Balaban J connectivity index is 1.32. The van der Waals surface area contributed by atoms with Crippen molar-refractivity contribution in [1.29, 1.82) is 0 Å². The summed E-state index contributed by atoms with van der Waals surface area (Å²) in [5.41, 5.74) is 2.58. The normalized spacial score (nSPS) is 18.3. The first-order valence-electron chi connectivity index (χ1n) is 9.79. The maximum Gasteiger partial charge on any atom is 0.119 e. The van der Waals surface area contributed by atoms with Crippen molar-refractivity contribution in [2.45, 2.75) is 38.8 Å². The van der Waals surface area contributed by atoms with Crippen molar-refractivity contribution in [2.24, 2.45) is 0 Å². The van der Waals surface area contributed by atoms with E-state index in [2.05, 4.69) is 77.2 Å². The Labute approximate surface area is 156 Å². The molecule has 0 amide bonds. The fourth-order valence-electron chi connectivity index (χ4n) is 3.94. The van der Waals surface area contributed by atoms with Crippen LogP contribution < -0.4 is 4.74 Å². The van der Waals surface area contributed by atoms with Crippen molar-refractivity contribution in [2.75, 3.05) is 19.7 Å². The topological polar surface area (TPSA) is 17.4 Å². The van der Waals surface area contributed by atoms with Crippen LogP contribution in [-0.4, -0.2) is 35.2 Å². The zero-order chi connectivity index (χ0) is 17.8. The summed E-state index contributed by atoms with van der Waals surface area (Å²) in [4.78, 5) is 2.55. The van der Waals surface area contributed by atoms with Gasteiger partial charge in [-0.15, -0.1) is 0 Å². The summed E-state index contributed by atoms with van der Waals surface area (Å²) in [5.74, 6) is 0.968. The molecule has 3 heteroatoms. The molecule has 26 heavy (non-hydrogen) atoms. The van der Waals surface area contributed by atoms with Crippen LogP contribution >= 0.6 is 0 Å². The first-order chi connectivity index (χ1) is 12.8. The van der Waals surface area contributed by atoms with Crippen molar-refractivity contribution >= 4 is 10.9 Å². The Bertz CT molecular complexity index is 837. The third kappa shape index (κ3) is 3.94. The van der Waals surface area contributed by atoms with Crippen LogP contribution in [0, 0.1) is 0 Å².